The van der Waals surface area contributed by atoms with Crippen LogP contribution in [0.25, 0.3) is 27.5 Å². The Labute approximate surface area is 138 Å². The van der Waals surface area contributed by atoms with Crippen molar-refractivity contribution < 1.29 is 13.2 Å². The van der Waals surface area contributed by atoms with E-state index in [1.165, 1.54) is 17.5 Å². The molecule has 24 heavy (non-hydrogen) atoms. The van der Waals surface area contributed by atoms with Crippen molar-refractivity contribution in [3.05, 3.63) is 59.9 Å². The van der Waals surface area contributed by atoms with E-state index < -0.39 is 11.9 Å². The summed E-state index contributed by atoms with van der Waals surface area (Å²) in [6.07, 6.45) is -1.51. The van der Waals surface area contributed by atoms with Gasteiger partial charge in [-0.1, -0.05) is 6.07 Å². The van der Waals surface area contributed by atoms with Gasteiger partial charge in [0, 0.05) is 24.0 Å². The number of pyridine rings is 1. The van der Waals surface area contributed by atoms with Gasteiger partial charge in [-0.15, -0.1) is 11.3 Å². The van der Waals surface area contributed by atoms with E-state index in [9.17, 15) is 13.2 Å². The molecule has 4 rings (SSSR count). The van der Waals surface area contributed by atoms with Crippen molar-refractivity contribution in [1.82, 2.24) is 19.6 Å². The number of aromatic nitrogens is 4. The van der Waals surface area contributed by atoms with Gasteiger partial charge < -0.3 is 0 Å². The molecule has 4 aromatic heterocycles. The molecule has 0 fully saturated rings. The van der Waals surface area contributed by atoms with Gasteiger partial charge in [0.05, 0.1) is 10.6 Å². The fourth-order valence-corrected chi connectivity index (χ4v) is 3.06. The van der Waals surface area contributed by atoms with E-state index in [1.54, 1.807) is 24.4 Å². The van der Waals surface area contributed by atoms with Crippen molar-refractivity contribution in [2.24, 2.45) is 0 Å². The highest BCUT2D eigenvalue weighted by atomic mass is 32.1. The van der Waals surface area contributed by atoms with Crippen LogP contribution in [0.3, 0.4) is 0 Å². The molecule has 0 aliphatic heterocycles. The van der Waals surface area contributed by atoms with Crippen LogP contribution in [0.15, 0.2) is 54.2 Å². The van der Waals surface area contributed by atoms with Crippen LogP contribution in [0.5, 0.6) is 0 Å². The molecule has 4 nitrogen and oxygen atoms in total. The third kappa shape index (κ3) is 2.54. The Kier molecular flexibility index (Phi) is 3.34. The van der Waals surface area contributed by atoms with Gasteiger partial charge in [-0.3, -0.25) is 4.98 Å². The van der Waals surface area contributed by atoms with Crippen LogP contribution in [-0.4, -0.2) is 19.6 Å². The Morgan fingerprint density at radius 1 is 1.04 bits per heavy atom. The minimum absolute atomic E-state index is 0.145. The summed E-state index contributed by atoms with van der Waals surface area (Å²) in [6, 6.07) is 9.51. The van der Waals surface area contributed by atoms with Crippen LogP contribution in [0.4, 0.5) is 13.2 Å². The summed E-state index contributed by atoms with van der Waals surface area (Å²) < 4.78 is 41.2. The van der Waals surface area contributed by atoms with E-state index in [4.69, 9.17) is 0 Å². The second-order valence-corrected chi connectivity index (χ2v) is 5.99. The smallest absolute Gasteiger partial charge is 0.264 e. The Morgan fingerprint density at radius 2 is 1.92 bits per heavy atom. The first-order valence-electron chi connectivity index (χ1n) is 6.95. The van der Waals surface area contributed by atoms with Crippen molar-refractivity contribution in [3.8, 4) is 21.8 Å². The van der Waals surface area contributed by atoms with Gasteiger partial charge in [-0.2, -0.15) is 18.3 Å². The highest BCUT2D eigenvalue weighted by Crippen LogP contribution is 2.33. The number of nitrogens with zero attached hydrogens (tertiary/aromatic N) is 4. The SMILES string of the molecule is FC(F)(F)c1cc(-c2cccnc2)nc2cc(-c3cccs3)nn12. The molecule has 0 aromatic carbocycles. The largest absolute Gasteiger partial charge is 0.433 e. The van der Waals surface area contributed by atoms with Crippen LogP contribution >= 0.6 is 11.3 Å². The zero-order chi connectivity index (χ0) is 16.7. The second kappa shape index (κ2) is 5.41. The predicted molar refractivity (Wildman–Crippen MR) is 84.5 cm³/mol. The summed E-state index contributed by atoms with van der Waals surface area (Å²) in [7, 11) is 0. The number of hydrogen-bond donors (Lipinski definition) is 0. The lowest BCUT2D eigenvalue weighted by Crippen LogP contribution is -2.13. The van der Waals surface area contributed by atoms with E-state index in [2.05, 4.69) is 15.1 Å². The molecule has 0 aliphatic rings. The Hall–Kier alpha value is -2.74. The maximum absolute atomic E-state index is 13.5. The molecular formula is C16H9F3N4S. The Balaban J connectivity index is 1.98. The first-order chi connectivity index (χ1) is 11.5. The quantitative estimate of drug-likeness (QED) is 0.535. The summed E-state index contributed by atoms with van der Waals surface area (Å²) in [5.74, 6) is 0. The van der Waals surface area contributed by atoms with Crippen LogP contribution in [-0.2, 0) is 6.18 Å². The van der Waals surface area contributed by atoms with Gasteiger partial charge in [0.25, 0.3) is 0 Å². The Bertz CT molecular complexity index is 992. The molecule has 0 saturated carbocycles. The normalized spacial score (nSPS) is 12.0. The number of halogens is 3. The third-order valence-corrected chi connectivity index (χ3v) is 4.34. The molecule has 4 aromatic rings. The maximum Gasteiger partial charge on any atom is 0.433 e. The van der Waals surface area contributed by atoms with E-state index in [0.29, 0.717) is 11.3 Å². The molecule has 120 valence electrons. The molecule has 0 amide bonds. The highest BCUT2D eigenvalue weighted by molar-refractivity contribution is 7.13. The molecular weight excluding hydrogens is 337 g/mol. The van der Waals surface area contributed by atoms with Crippen LogP contribution in [0.2, 0.25) is 0 Å². The molecule has 0 atom stereocenters. The van der Waals surface area contributed by atoms with Gasteiger partial charge in [0.1, 0.15) is 5.69 Å². The van der Waals surface area contributed by atoms with E-state index >= 15 is 0 Å². The van der Waals surface area contributed by atoms with Crippen LogP contribution < -0.4 is 0 Å². The number of thiophene rings is 1. The molecule has 8 heteroatoms. The van der Waals surface area contributed by atoms with Crippen LogP contribution in [0.1, 0.15) is 5.69 Å². The van der Waals surface area contributed by atoms with Gasteiger partial charge in [-0.25, -0.2) is 9.50 Å². The predicted octanol–water partition coefficient (Wildman–Crippen LogP) is 4.54. The van der Waals surface area contributed by atoms with Gasteiger partial charge in [0.15, 0.2) is 11.3 Å². The molecule has 0 unspecified atom stereocenters. The molecule has 0 bridgehead atoms. The molecule has 0 N–H and O–H groups in total. The minimum Gasteiger partial charge on any atom is -0.264 e. The van der Waals surface area contributed by atoms with Gasteiger partial charge >= 0.3 is 6.18 Å². The zero-order valence-corrected chi connectivity index (χ0v) is 12.8. The fourth-order valence-electron chi connectivity index (χ4n) is 2.38. The average Bonchev–Trinajstić information content (AvgIpc) is 3.22. The number of alkyl halides is 3. The first-order valence-corrected chi connectivity index (χ1v) is 7.82. The summed E-state index contributed by atoms with van der Waals surface area (Å²) in [6.45, 7) is 0. The standard InChI is InChI=1S/C16H9F3N4S/c17-16(18,19)14-7-11(10-3-1-5-20-9-10)21-15-8-12(22-23(14)15)13-4-2-6-24-13/h1-9H. The van der Waals surface area contributed by atoms with Crippen molar-refractivity contribution in [2.75, 3.05) is 0 Å². The molecule has 0 aliphatic carbocycles. The monoisotopic (exact) mass is 346 g/mol. The van der Waals surface area contributed by atoms with Crippen molar-refractivity contribution in [2.45, 2.75) is 6.18 Å². The molecule has 4 heterocycles. The molecule has 0 spiro atoms. The lowest BCUT2D eigenvalue weighted by atomic mass is 10.2. The topological polar surface area (TPSA) is 43.1 Å². The third-order valence-electron chi connectivity index (χ3n) is 3.45. The van der Waals surface area contributed by atoms with Crippen molar-refractivity contribution in [3.63, 3.8) is 0 Å². The maximum atomic E-state index is 13.5. The molecule has 0 radical (unpaired) electrons. The van der Waals surface area contributed by atoms with Crippen molar-refractivity contribution in [1.29, 1.82) is 0 Å². The average molecular weight is 346 g/mol. The number of hydrogen-bond acceptors (Lipinski definition) is 4. The van der Waals surface area contributed by atoms with Gasteiger partial charge in [-0.05, 0) is 29.6 Å². The molecule has 0 saturated heterocycles. The zero-order valence-electron chi connectivity index (χ0n) is 12.0. The van der Waals surface area contributed by atoms with Crippen molar-refractivity contribution >= 4 is 17.0 Å². The summed E-state index contributed by atoms with van der Waals surface area (Å²) >= 11 is 1.41. The lowest BCUT2D eigenvalue weighted by Gasteiger charge is -2.10. The summed E-state index contributed by atoms with van der Waals surface area (Å²) in [5.41, 5.74) is 0.470. The fraction of sp³-hybridized carbons (Fsp3) is 0.0625. The minimum atomic E-state index is -4.54. The number of fused-ring (bicyclic) bond motifs is 1. The highest BCUT2D eigenvalue weighted by Gasteiger charge is 2.35. The van der Waals surface area contributed by atoms with E-state index in [0.717, 1.165) is 15.5 Å². The van der Waals surface area contributed by atoms with E-state index in [1.807, 2.05) is 17.5 Å². The second-order valence-electron chi connectivity index (χ2n) is 5.04. The summed E-state index contributed by atoms with van der Waals surface area (Å²) in [4.78, 5) is 9.04. The lowest BCUT2D eigenvalue weighted by molar-refractivity contribution is -0.142. The summed E-state index contributed by atoms with van der Waals surface area (Å²) in [5, 5.41) is 5.93. The number of rotatable bonds is 2. The van der Waals surface area contributed by atoms with Gasteiger partial charge in [0.2, 0.25) is 0 Å². The Morgan fingerprint density at radius 3 is 2.58 bits per heavy atom. The van der Waals surface area contributed by atoms with E-state index in [-0.39, 0.29) is 11.3 Å². The first kappa shape index (κ1) is 14.8. The van der Waals surface area contributed by atoms with Crippen LogP contribution in [0, 0.1) is 0 Å².